The third-order valence-electron chi connectivity index (χ3n) is 3.70. The standard InChI is InChI=1S/C16H20BrF3N2O3/c1-10(16(18,19)20)6-5-7-25-15-8-12(11(2)21(3)4)14(22(23)24)9-13(15)17/h8-10H,2,5-7H2,1,3-4H3. The summed E-state index contributed by atoms with van der Waals surface area (Å²) < 4.78 is 43.3. The molecule has 5 nitrogen and oxygen atoms in total. The predicted octanol–water partition coefficient (Wildman–Crippen LogP) is 5.25. The fraction of sp³-hybridized carbons (Fsp3) is 0.500. The smallest absolute Gasteiger partial charge is 0.391 e. The van der Waals surface area contributed by atoms with Crippen LogP contribution in [0.4, 0.5) is 18.9 Å². The van der Waals surface area contributed by atoms with Gasteiger partial charge in [-0.15, -0.1) is 0 Å². The van der Waals surface area contributed by atoms with Gasteiger partial charge >= 0.3 is 6.18 Å². The summed E-state index contributed by atoms with van der Waals surface area (Å²) in [5.41, 5.74) is 0.579. The van der Waals surface area contributed by atoms with Gasteiger partial charge in [0.2, 0.25) is 0 Å². The van der Waals surface area contributed by atoms with Gasteiger partial charge in [-0.3, -0.25) is 10.1 Å². The molecule has 25 heavy (non-hydrogen) atoms. The lowest BCUT2D eigenvalue weighted by Gasteiger charge is -2.18. The van der Waals surface area contributed by atoms with Crippen molar-refractivity contribution in [2.75, 3.05) is 20.7 Å². The predicted molar refractivity (Wildman–Crippen MR) is 93.5 cm³/mol. The summed E-state index contributed by atoms with van der Waals surface area (Å²) >= 11 is 3.20. The van der Waals surface area contributed by atoms with Gasteiger partial charge in [-0.1, -0.05) is 13.5 Å². The second-order valence-corrected chi connectivity index (χ2v) is 6.69. The molecule has 0 aliphatic carbocycles. The zero-order valence-corrected chi connectivity index (χ0v) is 15.8. The molecule has 0 N–H and O–H groups in total. The van der Waals surface area contributed by atoms with E-state index in [-0.39, 0.29) is 30.7 Å². The van der Waals surface area contributed by atoms with E-state index in [1.807, 2.05) is 0 Å². The maximum Gasteiger partial charge on any atom is 0.391 e. The molecule has 1 atom stereocenters. The molecule has 9 heteroatoms. The van der Waals surface area contributed by atoms with E-state index < -0.39 is 17.0 Å². The molecule has 1 rings (SSSR count). The number of hydrogen-bond donors (Lipinski definition) is 0. The number of benzene rings is 1. The number of alkyl halides is 3. The Morgan fingerprint density at radius 2 is 2.04 bits per heavy atom. The highest BCUT2D eigenvalue weighted by Crippen LogP contribution is 2.36. The Morgan fingerprint density at radius 3 is 2.52 bits per heavy atom. The molecule has 0 saturated carbocycles. The monoisotopic (exact) mass is 424 g/mol. The van der Waals surface area contributed by atoms with Crippen molar-refractivity contribution in [3.05, 3.63) is 38.9 Å². The summed E-state index contributed by atoms with van der Waals surface area (Å²) in [5.74, 6) is -1.08. The lowest BCUT2D eigenvalue weighted by molar-refractivity contribution is -0.385. The summed E-state index contributed by atoms with van der Waals surface area (Å²) in [6.45, 7) is 5.01. The van der Waals surface area contributed by atoms with E-state index in [2.05, 4.69) is 22.5 Å². The molecule has 0 amide bonds. The van der Waals surface area contributed by atoms with Crippen LogP contribution in [0, 0.1) is 16.0 Å². The minimum atomic E-state index is -4.22. The van der Waals surface area contributed by atoms with E-state index in [0.29, 0.717) is 15.9 Å². The Morgan fingerprint density at radius 1 is 1.44 bits per heavy atom. The number of rotatable bonds is 8. The first-order chi connectivity index (χ1) is 11.4. The van der Waals surface area contributed by atoms with Crippen LogP contribution in [-0.2, 0) is 0 Å². The van der Waals surface area contributed by atoms with E-state index in [4.69, 9.17) is 4.74 Å². The quantitative estimate of drug-likeness (QED) is 0.325. The molecule has 1 aromatic carbocycles. The topological polar surface area (TPSA) is 55.6 Å². The van der Waals surface area contributed by atoms with Gasteiger partial charge in [0.15, 0.2) is 0 Å². The van der Waals surface area contributed by atoms with E-state index >= 15 is 0 Å². The highest BCUT2D eigenvalue weighted by Gasteiger charge is 2.35. The maximum atomic E-state index is 12.5. The van der Waals surface area contributed by atoms with E-state index in [1.165, 1.54) is 12.1 Å². The number of ether oxygens (including phenoxy) is 1. The first kappa shape index (κ1) is 21.3. The molecule has 0 bridgehead atoms. The molecule has 0 aromatic heterocycles. The Bertz CT molecular complexity index is 648. The van der Waals surface area contributed by atoms with Crippen LogP contribution in [0.25, 0.3) is 5.70 Å². The Balaban J connectivity index is 2.89. The molecule has 0 heterocycles. The summed E-state index contributed by atoms with van der Waals surface area (Å²) in [7, 11) is 3.40. The molecular weight excluding hydrogens is 405 g/mol. The first-order valence-electron chi connectivity index (χ1n) is 7.49. The third-order valence-corrected chi connectivity index (χ3v) is 4.32. The number of nitro groups is 1. The van der Waals surface area contributed by atoms with Crippen LogP contribution < -0.4 is 4.74 Å². The summed E-state index contributed by atoms with van der Waals surface area (Å²) in [5, 5.41) is 11.2. The van der Waals surface area contributed by atoms with Crippen molar-refractivity contribution in [2.45, 2.75) is 25.9 Å². The minimum absolute atomic E-state index is 0.0502. The summed E-state index contributed by atoms with van der Waals surface area (Å²) in [4.78, 5) is 12.3. The van der Waals surface area contributed by atoms with E-state index in [0.717, 1.165) is 6.92 Å². The lowest BCUT2D eigenvalue weighted by Crippen LogP contribution is -2.20. The van der Waals surface area contributed by atoms with Gasteiger partial charge in [0.05, 0.1) is 27.5 Å². The molecule has 0 fully saturated rings. The van der Waals surface area contributed by atoms with Crippen LogP contribution in [0.15, 0.2) is 23.2 Å². The molecule has 0 saturated heterocycles. The second-order valence-electron chi connectivity index (χ2n) is 5.83. The fourth-order valence-electron chi connectivity index (χ4n) is 2.01. The average Bonchev–Trinajstić information content (AvgIpc) is 2.50. The van der Waals surface area contributed by atoms with Gasteiger partial charge < -0.3 is 9.64 Å². The molecule has 0 aliphatic rings. The Hall–Kier alpha value is -1.77. The van der Waals surface area contributed by atoms with Crippen molar-refractivity contribution >= 4 is 27.3 Å². The number of nitrogens with zero attached hydrogens (tertiary/aromatic N) is 2. The largest absolute Gasteiger partial charge is 0.492 e. The van der Waals surface area contributed by atoms with Gasteiger partial charge in [-0.25, -0.2) is 0 Å². The SMILES string of the molecule is C=C(c1cc(OCCCC(C)C(F)(F)F)c(Br)cc1[N+](=O)[O-])N(C)C. The van der Waals surface area contributed by atoms with Gasteiger partial charge in [0.1, 0.15) is 5.75 Å². The van der Waals surface area contributed by atoms with Crippen molar-refractivity contribution < 1.29 is 22.8 Å². The highest BCUT2D eigenvalue weighted by atomic mass is 79.9. The molecule has 140 valence electrons. The maximum absolute atomic E-state index is 12.5. The first-order valence-corrected chi connectivity index (χ1v) is 8.28. The van der Waals surface area contributed by atoms with Crippen molar-refractivity contribution in [3.63, 3.8) is 0 Å². The van der Waals surface area contributed by atoms with Crippen LogP contribution in [0.5, 0.6) is 5.75 Å². The molecule has 0 aliphatic heterocycles. The van der Waals surface area contributed by atoms with Crippen molar-refractivity contribution in [3.8, 4) is 5.75 Å². The van der Waals surface area contributed by atoms with Gasteiger partial charge in [-0.05, 0) is 34.8 Å². The zero-order chi connectivity index (χ0) is 19.4. The summed E-state index contributed by atoms with van der Waals surface area (Å²) in [6.07, 6.45) is -4.05. The van der Waals surface area contributed by atoms with Crippen molar-refractivity contribution in [1.82, 2.24) is 4.90 Å². The normalized spacial score (nSPS) is 12.6. The van der Waals surface area contributed by atoms with Crippen LogP contribution in [-0.4, -0.2) is 36.7 Å². The lowest BCUT2D eigenvalue weighted by atomic mass is 10.1. The molecule has 0 radical (unpaired) electrons. The second kappa shape index (κ2) is 8.55. The number of halogens is 4. The number of nitro benzene ring substituents is 1. The number of hydrogen-bond acceptors (Lipinski definition) is 4. The van der Waals surface area contributed by atoms with Gasteiger partial charge in [0, 0.05) is 25.9 Å². The van der Waals surface area contributed by atoms with Crippen LogP contribution >= 0.6 is 15.9 Å². The van der Waals surface area contributed by atoms with Gasteiger partial charge in [0.25, 0.3) is 5.69 Å². The Labute approximate surface area is 152 Å². The molecule has 1 unspecified atom stereocenters. The zero-order valence-electron chi connectivity index (χ0n) is 14.2. The third kappa shape index (κ3) is 5.91. The van der Waals surface area contributed by atoms with Crippen LogP contribution in [0.2, 0.25) is 0 Å². The van der Waals surface area contributed by atoms with E-state index in [9.17, 15) is 23.3 Å². The highest BCUT2D eigenvalue weighted by molar-refractivity contribution is 9.10. The van der Waals surface area contributed by atoms with Gasteiger partial charge in [-0.2, -0.15) is 13.2 Å². The van der Waals surface area contributed by atoms with E-state index in [1.54, 1.807) is 19.0 Å². The van der Waals surface area contributed by atoms with Crippen molar-refractivity contribution in [1.29, 1.82) is 0 Å². The molecule has 0 spiro atoms. The van der Waals surface area contributed by atoms with Crippen molar-refractivity contribution in [2.24, 2.45) is 5.92 Å². The minimum Gasteiger partial charge on any atom is -0.492 e. The molecular formula is C16H20BrF3N2O3. The average molecular weight is 425 g/mol. The summed E-state index contributed by atoms with van der Waals surface area (Å²) in [6, 6.07) is 2.77. The van der Waals surface area contributed by atoms with Crippen LogP contribution in [0.3, 0.4) is 0 Å². The fourth-order valence-corrected chi connectivity index (χ4v) is 2.46. The molecule has 1 aromatic rings. The van der Waals surface area contributed by atoms with Crippen LogP contribution in [0.1, 0.15) is 25.3 Å². The Kier molecular flexibility index (Phi) is 7.28.